The molecule has 0 aliphatic carbocycles. The number of carbonyl (C=O) groups is 1. The van der Waals surface area contributed by atoms with Gasteiger partial charge in [-0.25, -0.2) is 9.78 Å². The van der Waals surface area contributed by atoms with Crippen LogP contribution in [0.4, 0.5) is 0 Å². The van der Waals surface area contributed by atoms with Crippen LogP contribution in [-0.2, 0) is 4.74 Å². The molecule has 1 aromatic heterocycles. The number of carbonyl (C=O) groups excluding carboxylic acids is 1. The predicted molar refractivity (Wildman–Crippen MR) is 65.0 cm³/mol. The van der Waals surface area contributed by atoms with E-state index >= 15 is 0 Å². The highest BCUT2D eigenvalue weighted by atomic mass is 16.5. The molecule has 1 aromatic rings. The summed E-state index contributed by atoms with van der Waals surface area (Å²) in [6.45, 7) is 2.26. The molecular formula is C13H18N2O2. The highest BCUT2D eigenvalue weighted by molar-refractivity contribution is 5.86. The van der Waals surface area contributed by atoms with Crippen LogP contribution in [0.1, 0.15) is 34.8 Å². The largest absolute Gasteiger partial charge is 0.464 e. The first kappa shape index (κ1) is 12.0. The molecule has 1 aliphatic rings. The maximum absolute atomic E-state index is 11.3. The topological polar surface area (TPSA) is 42.4 Å². The summed E-state index contributed by atoms with van der Waals surface area (Å²) in [4.78, 5) is 17.7. The molecule has 0 radical (unpaired) electrons. The standard InChI is InChI=1S/C13H18N2O2/c1-15-7-5-10(6-8-15)11-3-4-12(14-9-11)13(16)17-2/h3-4,9-10H,5-8H2,1-2H3. The number of nitrogens with zero attached hydrogens (tertiary/aromatic N) is 2. The fourth-order valence-electron chi connectivity index (χ4n) is 2.21. The molecule has 2 rings (SSSR count). The highest BCUT2D eigenvalue weighted by Crippen LogP contribution is 2.26. The van der Waals surface area contributed by atoms with Crippen LogP contribution in [0.3, 0.4) is 0 Å². The van der Waals surface area contributed by atoms with Crippen molar-refractivity contribution in [2.45, 2.75) is 18.8 Å². The number of methoxy groups -OCH3 is 1. The smallest absolute Gasteiger partial charge is 0.356 e. The van der Waals surface area contributed by atoms with Gasteiger partial charge in [0.15, 0.2) is 0 Å². The molecule has 0 saturated carbocycles. The Hall–Kier alpha value is -1.42. The van der Waals surface area contributed by atoms with E-state index in [1.165, 1.54) is 12.7 Å². The number of likely N-dealkylation sites (tertiary alicyclic amines) is 1. The fourth-order valence-corrected chi connectivity index (χ4v) is 2.21. The van der Waals surface area contributed by atoms with E-state index in [4.69, 9.17) is 0 Å². The summed E-state index contributed by atoms with van der Waals surface area (Å²) in [7, 11) is 3.52. The number of ether oxygens (including phenoxy) is 1. The van der Waals surface area contributed by atoms with Crippen molar-refractivity contribution in [2.24, 2.45) is 0 Å². The number of rotatable bonds is 2. The van der Waals surface area contributed by atoms with Gasteiger partial charge in [0.1, 0.15) is 5.69 Å². The van der Waals surface area contributed by atoms with Gasteiger partial charge in [-0.15, -0.1) is 0 Å². The highest BCUT2D eigenvalue weighted by Gasteiger charge is 2.19. The molecule has 0 aromatic carbocycles. The molecule has 0 amide bonds. The van der Waals surface area contributed by atoms with Crippen molar-refractivity contribution in [3.05, 3.63) is 29.6 Å². The second kappa shape index (κ2) is 5.27. The summed E-state index contributed by atoms with van der Waals surface area (Å²) < 4.78 is 4.63. The Morgan fingerprint density at radius 2 is 2.12 bits per heavy atom. The first-order valence-electron chi connectivity index (χ1n) is 5.93. The van der Waals surface area contributed by atoms with E-state index in [-0.39, 0.29) is 5.97 Å². The van der Waals surface area contributed by atoms with Gasteiger partial charge in [0.2, 0.25) is 0 Å². The van der Waals surface area contributed by atoms with Gasteiger partial charge in [-0.2, -0.15) is 0 Å². The van der Waals surface area contributed by atoms with E-state index in [1.54, 1.807) is 6.07 Å². The number of piperidine rings is 1. The predicted octanol–water partition coefficient (Wildman–Crippen LogP) is 1.68. The molecule has 1 fully saturated rings. The lowest BCUT2D eigenvalue weighted by molar-refractivity contribution is 0.0594. The lowest BCUT2D eigenvalue weighted by Gasteiger charge is -2.28. The fraction of sp³-hybridized carbons (Fsp3) is 0.538. The van der Waals surface area contributed by atoms with E-state index < -0.39 is 0 Å². The first-order chi connectivity index (χ1) is 8.20. The summed E-state index contributed by atoms with van der Waals surface area (Å²) in [6.07, 6.45) is 4.13. The molecule has 0 spiro atoms. The maximum atomic E-state index is 11.3. The van der Waals surface area contributed by atoms with E-state index in [0.717, 1.165) is 25.9 Å². The Morgan fingerprint density at radius 1 is 1.41 bits per heavy atom. The minimum absolute atomic E-state index is 0.375. The van der Waals surface area contributed by atoms with Crippen LogP contribution >= 0.6 is 0 Å². The molecule has 17 heavy (non-hydrogen) atoms. The van der Waals surface area contributed by atoms with E-state index in [0.29, 0.717) is 11.6 Å². The normalized spacial score (nSPS) is 18.0. The molecular weight excluding hydrogens is 216 g/mol. The van der Waals surface area contributed by atoms with Crippen LogP contribution in [0.25, 0.3) is 0 Å². The number of esters is 1. The minimum atomic E-state index is -0.375. The third-order valence-corrected chi connectivity index (χ3v) is 3.37. The zero-order valence-electron chi connectivity index (χ0n) is 10.3. The zero-order valence-corrected chi connectivity index (χ0v) is 10.3. The van der Waals surface area contributed by atoms with Crippen LogP contribution in [0.5, 0.6) is 0 Å². The van der Waals surface area contributed by atoms with E-state index in [9.17, 15) is 4.79 Å². The van der Waals surface area contributed by atoms with Crippen molar-refractivity contribution >= 4 is 5.97 Å². The van der Waals surface area contributed by atoms with Gasteiger partial charge in [-0.3, -0.25) is 0 Å². The molecule has 4 heteroatoms. The second-order valence-electron chi connectivity index (χ2n) is 4.55. The average molecular weight is 234 g/mol. The van der Waals surface area contributed by atoms with E-state index in [2.05, 4.69) is 21.7 Å². The monoisotopic (exact) mass is 234 g/mol. The van der Waals surface area contributed by atoms with Gasteiger partial charge in [0, 0.05) is 6.20 Å². The average Bonchev–Trinajstić information content (AvgIpc) is 2.39. The van der Waals surface area contributed by atoms with Crippen molar-refractivity contribution in [3.8, 4) is 0 Å². The third-order valence-electron chi connectivity index (χ3n) is 3.37. The summed E-state index contributed by atoms with van der Waals surface area (Å²) >= 11 is 0. The summed E-state index contributed by atoms with van der Waals surface area (Å²) in [5.74, 6) is 0.199. The lowest BCUT2D eigenvalue weighted by Crippen LogP contribution is -2.29. The Bertz CT molecular complexity index is 381. The van der Waals surface area contributed by atoms with Gasteiger partial charge >= 0.3 is 5.97 Å². The van der Waals surface area contributed by atoms with Crippen molar-refractivity contribution in [1.29, 1.82) is 0 Å². The van der Waals surface area contributed by atoms with Gasteiger partial charge in [0.25, 0.3) is 0 Å². The zero-order chi connectivity index (χ0) is 12.3. The maximum Gasteiger partial charge on any atom is 0.356 e. The molecule has 4 nitrogen and oxygen atoms in total. The molecule has 0 bridgehead atoms. The molecule has 2 heterocycles. The molecule has 92 valence electrons. The Labute approximate surface area is 102 Å². The number of pyridine rings is 1. The van der Waals surface area contributed by atoms with Gasteiger partial charge in [-0.1, -0.05) is 6.07 Å². The van der Waals surface area contributed by atoms with Gasteiger partial charge < -0.3 is 9.64 Å². The summed E-state index contributed by atoms with van der Waals surface area (Å²) in [5.41, 5.74) is 1.61. The second-order valence-corrected chi connectivity index (χ2v) is 4.55. The molecule has 0 atom stereocenters. The van der Waals surface area contributed by atoms with Crippen LogP contribution in [0.2, 0.25) is 0 Å². The van der Waals surface area contributed by atoms with Crippen LogP contribution in [-0.4, -0.2) is 43.1 Å². The summed E-state index contributed by atoms with van der Waals surface area (Å²) in [5, 5.41) is 0. The Kier molecular flexibility index (Phi) is 3.74. The molecule has 1 aliphatic heterocycles. The van der Waals surface area contributed by atoms with Crippen LogP contribution in [0, 0.1) is 0 Å². The Morgan fingerprint density at radius 3 is 2.65 bits per heavy atom. The molecule has 0 unspecified atom stereocenters. The quantitative estimate of drug-likeness (QED) is 0.730. The Balaban J connectivity index is 2.05. The van der Waals surface area contributed by atoms with Crippen LogP contribution < -0.4 is 0 Å². The van der Waals surface area contributed by atoms with Crippen molar-refractivity contribution < 1.29 is 9.53 Å². The number of hydrogen-bond donors (Lipinski definition) is 0. The van der Waals surface area contributed by atoms with Crippen molar-refractivity contribution in [2.75, 3.05) is 27.2 Å². The summed E-state index contributed by atoms with van der Waals surface area (Å²) in [6, 6.07) is 3.74. The van der Waals surface area contributed by atoms with E-state index in [1.807, 2.05) is 12.3 Å². The van der Waals surface area contributed by atoms with Crippen LogP contribution in [0.15, 0.2) is 18.3 Å². The van der Waals surface area contributed by atoms with Crippen molar-refractivity contribution in [1.82, 2.24) is 9.88 Å². The number of aromatic nitrogens is 1. The number of hydrogen-bond acceptors (Lipinski definition) is 4. The van der Waals surface area contributed by atoms with Gasteiger partial charge in [-0.05, 0) is 50.5 Å². The van der Waals surface area contributed by atoms with Crippen molar-refractivity contribution in [3.63, 3.8) is 0 Å². The lowest BCUT2D eigenvalue weighted by atomic mass is 9.90. The minimum Gasteiger partial charge on any atom is -0.464 e. The third kappa shape index (κ3) is 2.82. The molecule has 0 N–H and O–H groups in total. The van der Waals surface area contributed by atoms with Gasteiger partial charge in [0.05, 0.1) is 7.11 Å². The molecule has 1 saturated heterocycles. The first-order valence-corrected chi connectivity index (χ1v) is 5.93. The SMILES string of the molecule is COC(=O)c1ccc(C2CCN(C)CC2)cn1.